The van der Waals surface area contributed by atoms with Crippen molar-refractivity contribution in [1.29, 1.82) is 0 Å². The van der Waals surface area contributed by atoms with E-state index < -0.39 is 0 Å². The van der Waals surface area contributed by atoms with E-state index >= 15 is 0 Å². The number of ether oxygens (including phenoxy) is 1. The van der Waals surface area contributed by atoms with Crippen LogP contribution in [0.4, 0.5) is 0 Å². The maximum Gasteiger partial charge on any atom is 0.307 e. The van der Waals surface area contributed by atoms with Gasteiger partial charge in [-0.2, -0.15) is 0 Å². The highest BCUT2D eigenvalue weighted by Gasteiger charge is 2.22. The fourth-order valence-corrected chi connectivity index (χ4v) is 3.73. The van der Waals surface area contributed by atoms with Gasteiger partial charge in [0.25, 0.3) is 11.5 Å². The molecule has 9 heteroatoms. The molecule has 2 aromatic rings. The van der Waals surface area contributed by atoms with E-state index in [1.165, 1.54) is 16.2 Å². The van der Waals surface area contributed by atoms with Gasteiger partial charge in [0.05, 0.1) is 29.8 Å². The molecule has 0 unspecified atom stereocenters. The molecular weight excluding hydrogens is 356 g/mol. The number of thiophene rings is 1. The summed E-state index contributed by atoms with van der Waals surface area (Å²) in [5.41, 5.74) is 0.372. The van der Waals surface area contributed by atoms with Crippen LogP contribution in [0, 0.1) is 6.92 Å². The number of hydrogen-bond acceptors (Lipinski definition) is 7. The number of H-pyrrole nitrogens is 1. The number of esters is 1. The van der Waals surface area contributed by atoms with Crippen molar-refractivity contribution in [3.05, 3.63) is 26.6 Å². The maximum absolute atomic E-state index is 12.7. The topological polar surface area (TPSA) is 95.6 Å². The smallest absolute Gasteiger partial charge is 0.307 e. The fraction of sp³-hybridized carbons (Fsp3) is 0.529. The maximum atomic E-state index is 12.7. The molecule has 142 valence electrons. The Morgan fingerprint density at radius 3 is 2.58 bits per heavy atom. The van der Waals surface area contributed by atoms with Gasteiger partial charge in [0.1, 0.15) is 10.7 Å². The van der Waals surface area contributed by atoms with E-state index in [0.717, 1.165) is 0 Å². The van der Waals surface area contributed by atoms with Gasteiger partial charge in [-0.05, 0) is 33.5 Å². The van der Waals surface area contributed by atoms with Crippen LogP contribution in [0.5, 0.6) is 0 Å². The first kappa shape index (κ1) is 20.1. The zero-order valence-electron chi connectivity index (χ0n) is 15.7. The number of carbonyl (C=O) groups is 2. The van der Waals surface area contributed by atoms with Crippen molar-refractivity contribution in [2.75, 3.05) is 34.3 Å². The van der Waals surface area contributed by atoms with Crippen molar-refractivity contribution < 1.29 is 14.3 Å². The largest absolute Gasteiger partial charge is 0.466 e. The third-order valence-corrected chi connectivity index (χ3v) is 4.99. The lowest BCUT2D eigenvalue weighted by molar-refractivity contribution is -0.143. The monoisotopic (exact) mass is 380 g/mol. The Morgan fingerprint density at radius 1 is 1.27 bits per heavy atom. The van der Waals surface area contributed by atoms with Gasteiger partial charge in [0.2, 0.25) is 0 Å². The standard InChI is InChI=1S/C17H24N4O4S/c1-6-25-12(22)7-8-21(5)17(24)14-10(2)13-15(23)18-11(9-20(3)4)19-16(13)26-14/h6-9H2,1-5H3,(H,18,19,23). The number of rotatable bonds is 7. The first-order chi connectivity index (χ1) is 12.2. The van der Waals surface area contributed by atoms with Crippen LogP contribution in [0.1, 0.15) is 34.4 Å². The molecule has 2 aromatic heterocycles. The van der Waals surface area contributed by atoms with Crippen molar-refractivity contribution in [2.24, 2.45) is 0 Å². The number of nitrogens with one attached hydrogen (secondary N) is 1. The van der Waals surface area contributed by atoms with E-state index in [1.54, 1.807) is 20.9 Å². The Kier molecular flexibility index (Phi) is 6.49. The Bertz CT molecular complexity index is 872. The lowest BCUT2D eigenvalue weighted by Crippen LogP contribution is -2.29. The van der Waals surface area contributed by atoms with Crippen LogP contribution in [0.15, 0.2) is 4.79 Å². The molecule has 2 heterocycles. The second-order valence-electron chi connectivity index (χ2n) is 6.27. The van der Waals surface area contributed by atoms with E-state index in [0.29, 0.717) is 39.6 Å². The first-order valence-electron chi connectivity index (χ1n) is 8.32. The minimum atomic E-state index is -0.341. The van der Waals surface area contributed by atoms with Crippen LogP contribution in [0.2, 0.25) is 0 Å². The molecule has 0 saturated carbocycles. The second kappa shape index (κ2) is 8.41. The Labute approximate surface area is 155 Å². The van der Waals surface area contributed by atoms with Crippen LogP contribution >= 0.6 is 11.3 Å². The summed E-state index contributed by atoms with van der Waals surface area (Å²) in [5.74, 6) is -0.0153. The number of hydrogen-bond donors (Lipinski definition) is 1. The molecule has 0 radical (unpaired) electrons. The number of carbonyl (C=O) groups excluding carboxylic acids is 2. The Balaban J connectivity index is 2.27. The summed E-state index contributed by atoms with van der Waals surface area (Å²) < 4.78 is 4.88. The van der Waals surface area contributed by atoms with Crippen LogP contribution < -0.4 is 5.56 Å². The molecule has 0 fully saturated rings. The quantitative estimate of drug-likeness (QED) is 0.729. The molecule has 8 nitrogen and oxygen atoms in total. The number of amides is 1. The third-order valence-electron chi connectivity index (χ3n) is 3.81. The van der Waals surface area contributed by atoms with Crippen LogP contribution in [0.25, 0.3) is 10.2 Å². The average Bonchev–Trinajstić information content (AvgIpc) is 2.88. The molecule has 1 amide bonds. The SMILES string of the molecule is CCOC(=O)CCN(C)C(=O)c1sc2nc(CN(C)C)[nH]c(=O)c2c1C. The predicted octanol–water partition coefficient (Wildman–Crippen LogP) is 1.38. The van der Waals surface area contributed by atoms with E-state index in [9.17, 15) is 14.4 Å². The number of aryl methyl sites for hydroxylation is 1. The highest BCUT2D eigenvalue weighted by Crippen LogP contribution is 2.28. The Hall–Kier alpha value is -2.26. The summed E-state index contributed by atoms with van der Waals surface area (Å²) in [4.78, 5) is 48.2. The lowest BCUT2D eigenvalue weighted by atomic mass is 10.2. The fourth-order valence-electron chi connectivity index (χ4n) is 2.53. The van der Waals surface area contributed by atoms with Crippen LogP contribution in [0.3, 0.4) is 0 Å². The molecular formula is C17H24N4O4S. The number of aromatic amines is 1. The molecule has 0 aliphatic rings. The van der Waals surface area contributed by atoms with E-state index in [-0.39, 0.29) is 30.4 Å². The highest BCUT2D eigenvalue weighted by atomic mass is 32.1. The van der Waals surface area contributed by atoms with E-state index in [4.69, 9.17) is 4.74 Å². The van der Waals surface area contributed by atoms with Crippen molar-refractivity contribution in [3.8, 4) is 0 Å². The van der Waals surface area contributed by atoms with E-state index in [1.807, 2.05) is 19.0 Å². The number of aromatic nitrogens is 2. The number of nitrogens with zero attached hydrogens (tertiary/aromatic N) is 3. The van der Waals surface area contributed by atoms with Crippen molar-refractivity contribution in [1.82, 2.24) is 19.8 Å². The zero-order valence-corrected chi connectivity index (χ0v) is 16.5. The van der Waals surface area contributed by atoms with Gasteiger partial charge >= 0.3 is 5.97 Å². The van der Waals surface area contributed by atoms with Gasteiger partial charge in [-0.1, -0.05) is 0 Å². The third kappa shape index (κ3) is 4.47. The van der Waals surface area contributed by atoms with Gasteiger partial charge in [-0.25, -0.2) is 4.98 Å². The summed E-state index contributed by atoms with van der Waals surface area (Å²) in [6.45, 7) is 4.55. The summed E-state index contributed by atoms with van der Waals surface area (Å²) in [5, 5.41) is 0.444. The van der Waals surface area contributed by atoms with Crippen LogP contribution in [-0.2, 0) is 16.1 Å². The zero-order chi connectivity index (χ0) is 19.4. The highest BCUT2D eigenvalue weighted by molar-refractivity contribution is 7.20. The molecule has 0 saturated heterocycles. The summed E-state index contributed by atoms with van der Waals surface area (Å²) in [6, 6.07) is 0. The van der Waals surface area contributed by atoms with E-state index in [2.05, 4.69) is 9.97 Å². The van der Waals surface area contributed by atoms with Gasteiger partial charge < -0.3 is 19.5 Å². The predicted molar refractivity (Wildman–Crippen MR) is 101 cm³/mol. The lowest BCUT2D eigenvalue weighted by Gasteiger charge is -2.16. The summed E-state index contributed by atoms with van der Waals surface area (Å²) in [6.07, 6.45) is 0.131. The van der Waals surface area contributed by atoms with Gasteiger partial charge in [-0.3, -0.25) is 14.4 Å². The minimum Gasteiger partial charge on any atom is -0.466 e. The molecule has 26 heavy (non-hydrogen) atoms. The molecule has 0 aliphatic carbocycles. The van der Waals surface area contributed by atoms with Crippen LogP contribution in [-0.4, -0.2) is 65.9 Å². The summed E-state index contributed by atoms with van der Waals surface area (Å²) >= 11 is 1.20. The van der Waals surface area contributed by atoms with Crippen molar-refractivity contribution in [2.45, 2.75) is 26.8 Å². The molecule has 2 rings (SSSR count). The van der Waals surface area contributed by atoms with Gasteiger partial charge in [0, 0.05) is 13.6 Å². The molecule has 0 aromatic carbocycles. The van der Waals surface area contributed by atoms with Crippen molar-refractivity contribution in [3.63, 3.8) is 0 Å². The summed E-state index contributed by atoms with van der Waals surface area (Å²) in [7, 11) is 5.40. The number of fused-ring (bicyclic) bond motifs is 1. The molecule has 0 aliphatic heterocycles. The normalized spacial score (nSPS) is 11.2. The second-order valence-corrected chi connectivity index (χ2v) is 7.27. The Morgan fingerprint density at radius 2 is 1.96 bits per heavy atom. The molecule has 1 N–H and O–H groups in total. The van der Waals surface area contributed by atoms with Crippen molar-refractivity contribution >= 4 is 33.4 Å². The molecule has 0 atom stereocenters. The first-order valence-corrected chi connectivity index (χ1v) is 9.14. The van der Waals surface area contributed by atoms with Gasteiger partial charge in [-0.15, -0.1) is 11.3 Å². The molecule has 0 spiro atoms. The van der Waals surface area contributed by atoms with Gasteiger partial charge in [0.15, 0.2) is 0 Å². The average molecular weight is 380 g/mol. The minimum absolute atomic E-state index is 0.131. The molecule has 0 bridgehead atoms.